The first-order valence-electron chi connectivity index (χ1n) is 8.37. The molecule has 27 heavy (non-hydrogen) atoms. The van der Waals surface area contributed by atoms with E-state index in [-0.39, 0.29) is 5.91 Å². The van der Waals surface area contributed by atoms with Gasteiger partial charge in [-0.3, -0.25) is 4.79 Å². The first-order chi connectivity index (χ1) is 13.0. The third-order valence-electron chi connectivity index (χ3n) is 3.94. The van der Waals surface area contributed by atoms with Crippen molar-refractivity contribution >= 4 is 28.7 Å². The van der Waals surface area contributed by atoms with Crippen molar-refractivity contribution in [3.8, 4) is 6.07 Å². The molecular weight excluding hydrogens is 338 g/mol. The predicted molar refractivity (Wildman–Crippen MR) is 107 cm³/mol. The molecule has 134 valence electrons. The number of benzene rings is 2. The summed E-state index contributed by atoms with van der Waals surface area (Å²) >= 11 is 0. The van der Waals surface area contributed by atoms with Gasteiger partial charge in [0.2, 0.25) is 0 Å². The summed E-state index contributed by atoms with van der Waals surface area (Å²) in [5.41, 5.74) is 4.30. The zero-order valence-electron chi connectivity index (χ0n) is 15.1. The number of hydrogen-bond acceptors (Lipinski definition) is 5. The number of hydrogen-bond donors (Lipinski definition) is 2. The van der Waals surface area contributed by atoms with Gasteiger partial charge in [-0.15, -0.1) is 0 Å². The summed E-state index contributed by atoms with van der Waals surface area (Å²) < 4.78 is 0. The highest BCUT2D eigenvalue weighted by atomic mass is 16.1. The molecule has 0 bridgehead atoms. The lowest BCUT2D eigenvalue weighted by molar-refractivity contribution is 0.102. The number of aromatic nitrogens is 1. The van der Waals surface area contributed by atoms with Crippen LogP contribution >= 0.6 is 0 Å². The third-order valence-corrected chi connectivity index (χ3v) is 3.94. The Morgan fingerprint density at radius 1 is 0.926 bits per heavy atom. The van der Waals surface area contributed by atoms with E-state index >= 15 is 0 Å². The van der Waals surface area contributed by atoms with Gasteiger partial charge in [-0.2, -0.15) is 5.26 Å². The molecule has 2 aromatic carbocycles. The van der Waals surface area contributed by atoms with Crippen molar-refractivity contribution in [2.45, 2.75) is 0 Å². The van der Waals surface area contributed by atoms with Crippen LogP contribution in [0.3, 0.4) is 0 Å². The predicted octanol–water partition coefficient (Wildman–Crippen LogP) is 4.02. The van der Waals surface area contributed by atoms with Crippen LogP contribution in [0.5, 0.6) is 0 Å². The van der Waals surface area contributed by atoms with Gasteiger partial charge in [0.05, 0.1) is 23.5 Å². The van der Waals surface area contributed by atoms with Gasteiger partial charge < -0.3 is 15.5 Å². The topological polar surface area (TPSA) is 81.0 Å². The summed E-state index contributed by atoms with van der Waals surface area (Å²) in [4.78, 5) is 18.5. The van der Waals surface area contributed by atoms with E-state index < -0.39 is 0 Å². The van der Waals surface area contributed by atoms with Gasteiger partial charge in [0.15, 0.2) is 0 Å². The number of carbonyl (C=O) groups excluding carboxylic acids is 1. The summed E-state index contributed by atoms with van der Waals surface area (Å²) in [6, 6.07) is 20.2. The van der Waals surface area contributed by atoms with Crippen molar-refractivity contribution in [2.75, 3.05) is 29.6 Å². The minimum absolute atomic E-state index is 0.266. The van der Waals surface area contributed by atoms with Crippen LogP contribution in [0, 0.1) is 11.3 Å². The summed E-state index contributed by atoms with van der Waals surface area (Å²) in [6.07, 6.45) is 1.60. The number of nitrogens with zero attached hydrogens (tertiary/aromatic N) is 3. The molecule has 0 aliphatic heterocycles. The van der Waals surface area contributed by atoms with Crippen LogP contribution < -0.4 is 15.5 Å². The minimum atomic E-state index is -0.266. The summed E-state index contributed by atoms with van der Waals surface area (Å²) in [6.45, 7) is 0. The monoisotopic (exact) mass is 357 g/mol. The van der Waals surface area contributed by atoms with E-state index in [9.17, 15) is 4.79 Å². The highest BCUT2D eigenvalue weighted by Crippen LogP contribution is 2.18. The van der Waals surface area contributed by atoms with E-state index in [1.807, 2.05) is 55.4 Å². The largest absolute Gasteiger partial charge is 0.378 e. The van der Waals surface area contributed by atoms with E-state index in [2.05, 4.69) is 21.7 Å². The van der Waals surface area contributed by atoms with Crippen LogP contribution in [0.2, 0.25) is 0 Å². The fourth-order valence-corrected chi connectivity index (χ4v) is 2.43. The normalized spacial score (nSPS) is 9.96. The Labute approximate surface area is 158 Å². The standard InChI is InChI=1S/C21H19N5O/c1-26(2)19-10-7-17(8-11-19)25-21(27)20-12-9-18(14-23-20)24-16-5-3-15(13-22)4-6-16/h3-12,14,24H,1-2H3,(H,25,27). The van der Waals surface area contributed by atoms with Gasteiger partial charge in [-0.05, 0) is 60.7 Å². The van der Waals surface area contributed by atoms with Gasteiger partial charge in [-0.1, -0.05) is 0 Å². The van der Waals surface area contributed by atoms with Gasteiger partial charge in [0.25, 0.3) is 5.91 Å². The Kier molecular flexibility index (Phi) is 5.33. The van der Waals surface area contributed by atoms with Crippen LogP contribution in [-0.4, -0.2) is 25.0 Å². The molecule has 0 fully saturated rings. The van der Waals surface area contributed by atoms with Crippen molar-refractivity contribution in [2.24, 2.45) is 0 Å². The number of rotatable bonds is 5. The van der Waals surface area contributed by atoms with Crippen LogP contribution in [-0.2, 0) is 0 Å². The second kappa shape index (κ2) is 8.02. The first kappa shape index (κ1) is 18.0. The SMILES string of the molecule is CN(C)c1ccc(NC(=O)c2ccc(Nc3ccc(C#N)cc3)cn2)cc1. The zero-order chi connectivity index (χ0) is 19.2. The molecule has 0 aliphatic carbocycles. The van der Waals surface area contributed by atoms with Crippen molar-refractivity contribution < 1.29 is 4.79 Å². The quantitative estimate of drug-likeness (QED) is 0.721. The van der Waals surface area contributed by atoms with Gasteiger partial charge >= 0.3 is 0 Å². The molecule has 1 aromatic heterocycles. The molecule has 0 aliphatic rings. The van der Waals surface area contributed by atoms with E-state index in [0.717, 1.165) is 17.1 Å². The van der Waals surface area contributed by atoms with E-state index in [1.165, 1.54) is 0 Å². The molecule has 0 atom stereocenters. The number of nitriles is 1. The number of anilines is 4. The van der Waals surface area contributed by atoms with Crippen LogP contribution in [0.25, 0.3) is 0 Å². The molecule has 6 nitrogen and oxygen atoms in total. The molecule has 0 spiro atoms. The Hall–Kier alpha value is -3.85. The number of pyridine rings is 1. The fraction of sp³-hybridized carbons (Fsp3) is 0.0952. The molecule has 0 radical (unpaired) electrons. The van der Waals surface area contributed by atoms with Gasteiger partial charge in [0, 0.05) is 31.2 Å². The second-order valence-corrected chi connectivity index (χ2v) is 6.14. The smallest absolute Gasteiger partial charge is 0.274 e. The number of amides is 1. The Morgan fingerprint density at radius 3 is 2.11 bits per heavy atom. The second-order valence-electron chi connectivity index (χ2n) is 6.14. The summed E-state index contributed by atoms with van der Waals surface area (Å²) in [5, 5.41) is 14.8. The first-order valence-corrected chi connectivity index (χ1v) is 8.37. The Bertz CT molecular complexity index is 955. The molecule has 1 heterocycles. The molecule has 0 saturated carbocycles. The maximum atomic E-state index is 12.3. The molecule has 1 amide bonds. The van der Waals surface area contributed by atoms with Crippen molar-refractivity contribution in [3.05, 3.63) is 78.1 Å². The highest BCUT2D eigenvalue weighted by molar-refractivity contribution is 6.03. The van der Waals surface area contributed by atoms with E-state index in [0.29, 0.717) is 16.9 Å². The Morgan fingerprint density at radius 2 is 1.56 bits per heavy atom. The van der Waals surface area contributed by atoms with Gasteiger partial charge in [-0.25, -0.2) is 4.98 Å². The van der Waals surface area contributed by atoms with Crippen LogP contribution in [0.15, 0.2) is 66.9 Å². The van der Waals surface area contributed by atoms with Crippen molar-refractivity contribution in [3.63, 3.8) is 0 Å². The molecule has 3 aromatic rings. The van der Waals surface area contributed by atoms with E-state index in [4.69, 9.17) is 5.26 Å². The lowest BCUT2D eigenvalue weighted by Crippen LogP contribution is -2.14. The number of nitrogens with one attached hydrogen (secondary N) is 2. The average molecular weight is 357 g/mol. The third kappa shape index (κ3) is 4.61. The zero-order valence-corrected chi connectivity index (χ0v) is 15.1. The maximum absolute atomic E-state index is 12.3. The Balaban J connectivity index is 1.63. The molecular formula is C21H19N5O. The molecule has 2 N–H and O–H groups in total. The molecule has 0 saturated heterocycles. The van der Waals surface area contributed by atoms with Crippen LogP contribution in [0.4, 0.5) is 22.7 Å². The molecule has 3 rings (SSSR count). The van der Waals surface area contributed by atoms with Crippen LogP contribution in [0.1, 0.15) is 16.1 Å². The minimum Gasteiger partial charge on any atom is -0.378 e. The summed E-state index contributed by atoms with van der Waals surface area (Å²) in [7, 11) is 3.93. The number of carbonyl (C=O) groups is 1. The molecule has 0 unspecified atom stereocenters. The maximum Gasteiger partial charge on any atom is 0.274 e. The van der Waals surface area contributed by atoms with Crippen molar-refractivity contribution in [1.82, 2.24) is 4.98 Å². The van der Waals surface area contributed by atoms with E-state index in [1.54, 1.807) is 30.5 Å². The lowest BCUT2D eigenvalue weighted by Gasteiger charge is -2.13. The van der Waals surface area contributed by atoms with Gasteiger partial charge in [0.1, 0.15) is 5.69 Å². The lowest BCUT2D eigenvalue weighted by atomic mass is 10.2. The molecule has 6 heteroatoms. The van der Waals surface area contributed by atoms with Crippen molar-refractivity contribution in [1.29, 1.82) is 5.26 Å². The highest BCUT2D eigenvalue weighted by Gasteiger charge is 2.08. The fourth-order valence-electron chi connectivity index (χ4n) is 2.43. The average Bonchev–Trinajstić information content (AvgIpc) is 2.69. The summed E-state index contributed by atoms with van der Waals surface area (Å²) in [5.74, 6) is -0.266.